The topological polar surface area (TPSA) is 50.1 Å². The van der Waals surface area contributed by atoms with Crippen LogP contribution in [0.1, 0.15) is 36.8 Å². The molecule has 2 rings (SSSR count). The van der Waals surface area contributed by atoms with E-state index in [1.165, 1.54) is 5.56 Å². The van der Waals surface area contributed by atoms with Gasteiger partial charge in [-0.15, -0.1) is 0 Å². The van der Waals surface area contributed by atoms with Crippen molar-refractivity contribution < 1.29 is 9.53 Å². The van der Waals surface area contributed by atoms with Gasteiger partial charge in [-0.1, -0.05) is 12.1 Å². The first-order valence-electron chi connectivity index (χ1n) is 5.91. The van der Waals surface area contributed by atoms with Gasteiger partial charge in [-0.25, -0.2) is 0 Å². The molecule has 3 nitrogen and oxygen atoms in total. The fourth-order valence-electron chi connectivity index (χ4n) is 2.17. The van der Waals surface area contributed by atoms with Crippen molar-refractivity contribution in [1.82, 2.24) is 0 Å². The standard InChI is InChI=1S/C14H15NO2/c1-2-17-14(16)13-7-12(8-13)11-5-3-10(9-15)4-6-11/h3-6,12-13H,2,7-8H2,1H3/t12-,13+. The first-order chi connectivity index (χ1) is 8.24. The molecule has 1 aliphatic rings. The number of rotatable bonds is 3. The van der Waals surface area contributed by atoms with Gasteiger partial charge in [0.2, 0.25) is 0 Å². The molecule has 88 valence electrons. The normalized spacial score (nSPS) is 22.4. The van der Waals surface area contributed by atoms with E-state index in [-0.39, 0.29) is 11.9 Å². The third-order valence-corrected chi connectivity index (χ3v) is 3.27. The van der Waals surface area contributed by atoms with Crippen LogP contribution in [0, 0.1) is 17.2 Å². The van der Waals surface area contributed by atoms with E-state index in [4.69, 9.17) is 10.00 Å². The largest absolute Gasteiger partial charge is 0.466 e. The Morgan fingerprint density at radius 3 is 2.59 bits per heavy atom. The van der Waals surface area contributed by atoms with E-state index in [1.54, 1.807) is 0 Å². The average molecular weight is 229 g/mol. The number of esters is 1. The monoisotopic (exact) mass is 229 g/mol. The first-order valence-corrected chi connectivity index (χ1v) is 5.91. The van der Waals surface area contributed by atoms with Crippen LogP contribution in [0.4, 0.5) is 0 Å². The van der Waals surface area contributed by atoms with Crippen molar-refractivity contribution >= 4 is 5.97 Å². The Morgan fingerprint density at radius 1 is 1.41 bits per heavy atom. The third kappa shape index (κ3) is 2.47. The van der Waals surface area contributed by atoms with Crippen LogP contribution in [0.15, 0.2) is 24.3 Å². The van der Waals surface area contributed by atoms with Crippen molar-refractivity contribution in [2.45, 2.75) is 25.7 Å². The molecule has 0 atom stereocenters. The summed E-state index contributed by atoms with van der Waals surface area (Å²) in [6.07, 6.45) is 1.73. The van der Waals surface area contributed by atoms with Crippen molar-refractivity contribution in [3.05, 3.63) is 35.4 Å². The molecule has 1 aliphatic carbocycles. The zero-order chi connectivity index (χ0) is 12.3. The lowest BCUT2D eigenvalue weighted by Gasteiger charge is -2.33. The maximum Gasteiger partial charge on any atom is 0.308 e. The molecule has 0 aromatic heterocycles. The van der Waals surface area contributed by atoms with Gasteiger partial charge in [0.05, 0.1) is 24.2 Å². The van der Waals surface area contributed by atoms with Crippen molar-refractivity contribution in [1.29, 1.82) is 5.26 Å². The second-order valence-electron chi connectivity index (χ2n) is 4.35. The van der Waals surface area contributed by atoms with Crippen molar-refractivity contribution in [2.75, 3.05) is 6.61 Å². The smallest absolute Gasteiger partial charge is 0.308 e. The first kappa shape index (κ1) is 11.7. The van der Waals surface area contributed by atoms with Crippen LogP contribution in [0.5, 0.6) is 0 Å². The van der Waals surface area contributed by atoms with Crippen LogP contribution < -0.4 is 0 Å². The van der Waals surface area contributed by atoms with E-state index in [1.807, 2.05) is 31.2 Å². The molecule has 0 heterocycles. The molecule has 0 aliphatic heterocycles. The summed E-state index contributed by atoms with van der Waals surface area (Å²) in [5, 5.41) is 8.70. The number of ether oxygens (including phenoxy) is 1. The minimum absolute atomic E-state index is 0.0654. The van der Waals surface area contributed by atoms with E-state index in [0.29, 0.717) is 18.1 Å². The summed E-state index contributed by atoms with van der Waals surface area (Å²) >= 11 is 0. The molecule has 1 aromatic carbocycles. The van der Waals surface area contributed by atoms with Crippen molar-refractivity contribution in [3.63, 3.8) is 0 Å². The Bertz CT molecular complexity index is 438. The van der Waals surface area contributed by atoms with Crippen LogP contribution in [-0.4, -0.2) is 12.6 Å². The zero-order valence-corrected chi connectivity index (χ0v) is 9.85. The predicted molar refractivity (Wildman–Crippen MR) is 63.3 cm³/mol. The summed E-state index contributed by atoms with van der Waals surface area (Å²) in [5.74, 6) is 0.435. The minimum Gasteiger partial charge on any atom is -0.466 e. The third-order valence-electron chi connectivity index (χ3n) is 3.27. The SMILES string of the molecule is CCOC(=O)[C@H]1C[C@@H](c2ccc(C#N)cc2)C1. The highest BCUT2D eigenvalue weighted by atomic mass is 16.5. The number of nitrogens with zero attached hydrogens (tertiary/aromatic N) is 1. The number of carbonyl (C=O) groups is 1. The lowest BCUT2D eigenvalue weighted by atomic mass is 9.71. The maximum absolute atomic E-state index is 11.4. The molecule has 1 fully saturated rings. The molecule has 0 unspecified atom stereocenters. The van der Waals surface area contributed by atoms with Gasteiger partial charge >= 0.3 is 5.97 Å². The Kier molecular flexibility index (Phi) is 3.43. The summed E-state index contributed by atoms with van der Waals surface area (Å²) in [6, 6.07) is 9.71. The van der Waals surface area contributed by atoms with E-state index >= 15 is 0 Å². The summed E-state index contributed by atoms with van der Waals surface area (Å²) in [7, 11) is 0. The van der Waals surface area contributed by atoms with Crippen LogP contribution in [0.2, 0.25) is 0 Å². The van der Waals surface area contributed by atoms with Gasteiger partial charge in [-0.3, -0.25) is 4.79 Å². The quantitative estimate of drug-likeness (QED) is 0.748. The Balaban J connectivity index is 1.91. The van der Waals surface area contributed by atoms with Gasteiger partial charge in [0.1, 0.15) is 0 Å². The molecule has 17 heavy (non-hydrogen) atoms. The number of nitriles is 1. The highest BCUT2D eigenvalue weighted by Gasteiger charge is 2.36. The van der Waals surface area contributed by atoms with Gasteiger partial charge in [0, 0.05) is 0 Å². The second kappa shape index (κ2) is 5.01. The van der Waals surface area contributed by atoms with E-state index in [0.717, 1.165) is 12.8 Å². The summed E-state index contributed by atoms with van der Waals surface area (Å²) in [6.45, 7) is 2.28. The highest BCUT2D eigenvalue weighted by molar-refractivity contribution is 5.73. The molecular formula is C14H15NO2. The number of hydrogen-bond acceptors (Lipinski definition) is 3. The molecule has 0 spiro atoms. The van der Waals surface area contributed by atoms with Gasteiger partial charge < -0.3 is 4.74 Å². The molecule has 0 bridgehead atoms. The summed E-state index contributed by atoms with van der Waals surface area (Å²) in [5.41, 5.74) is 1.89. The lowest BCUT2D eigenvalue weighted by molar-refractivity contribution is -0.151. The second-order valence-corrected chi connectivity index (χ2v) is 4.35. The number of hydrogen-bond donors (Lipinski definition) is 0. The Morgan fingerprint density at radius 2 is 2.06 bits per heavy atom. The molecule has 0 saturated heterocycles. The van der Waals surface area contributed by atoms with E-state index in [2.05, 4.69) is 6.07 Å². The zero-order valence-electron chi connectivity index (χ0n) is 9.85. The maximum atomic E-state index is 11.4. The Labute approximate surface area is 101 Å². The molecule has 0 radical (unpaired) electrons. The van der Waals surface area contributed by atoms with Crippen LogP contribution in [-0.2, 0) is 9.53 Å². The van der Waals surface area contributed by atoms with E-state index in [9.17, 15) is 4.79 Å². The minimum atomic E-state index is -0.0719. The van der Waals surface area contributed by atoms with E-state index < -0.39 is 0 Å². The molecular weight excluding hydrogens is 214 g/mol. The summed E-state index contributed by atoms with van der Waals surface area (Å²) < 4.78 is 4.98. The highest BCUT2D eigenvalue weighted by Crippen LogP contribution is 2.42. The molecule has 1 saturated carbocycles. The fourth-order valence-corrected chi connectivity index (χ4v) is 2.17. The Hall–Kier alpha value is -1.82. The van der Waals surface area contributed by atoms with Crippen molar-refractivity contribution in [2.24, 2.45) is 5.92 Å². The number of carbonyl (C=O) groups excluding carboxylic acids is 1. The van der Waals surface area contributed by atoms with Gasteiger partial charge in [0.25, 0.3) is 0 Å². The molecule has 0 amide bonds. The predicted octanol–water partition coefficient (Wildman–Crippen LogP) is 2.61. The molecule has 3 heteroatoms. The van der Waals surface area contributed by atoms with Crippen LogP contribution in [0.25, 0.3) is 0 Å². The van der Waals surface area contributed by atoms with Gasteiger partial charge in [-0.2, -0.15) is 5.26 Å². The lowest BCUT2D eigenvalue weighted by Crippen LogP contribution is -2.30. The van der Waals surface area contributed by atoms with Crippen LogP contribution in [0.3, 0.4) is 0 Å². The van der Waals surface area contributed by atoms with Crippen molar-refractivity contribution in [3.8, 4) is 6.07 Å². The van der Waals surface area contributed by atoms with Crippen LogP contribution >= 0.6 is 0 Å². The molecule has 0 N–H and O–H groups in total. The fraction of sp³-hybridized carbons (Fsp3) is 0.429. The van der Waals surface area contributed by atoms with Gasteiger partial charge in [0.15, 0.2) is 0 Å². The average Bonchev–Trinajstić information content (AvgIpc) is 2.28. The van der Waals surface area contributed by atoms with Gasteiger partial charge in [-0.05, 0) is 43.4 Å². The summed E-state index contributed by atoms with van der Waals surface area (Å²) in [4.78, 5) is 11.4. The molecule has 1 aromatic rings. The number of benzene rings is 1.